The Hall–Kier alpha value is -2.48. The van der Waals surface area contributed by atoms with Crippen molar-refractivity contribution in [2.24, 2.45) is 0 Å². The van der Waals surface area contributed by atoms with Crippen LogP contribution in [-0.4, -0.2) is 13.0 Å². The Balaban J connectivity index is 1.59. The average molecular weight is 413 g/mol. The van der Waals surface area contributed by atoms with Crippen molar-refractivity contribution in [3.63, 3.8) is 0 Å². The molecule has 0 aliphatic rings. The summed E-state index contributed by atoms with van der Waals surface area (Å²) in [5, 5.41) is 2.19. The first-order valence-corrected chi connectivity index (χ1v) is 11.4. The highest BCUT2D eigenvalue weighted by Gasteiger charge is 2.16. The first kappa shape index (κ1) is 18.9. The monoisotopic (exact) mass is 412 g/mol. The van der Waals surface area contributed by atoms with Crippen LogP contribution in [0.15, 0.2) is 70.4 Å². The molecular formula is C21H20N2O3S2. The first-order chi connectivity index (χ1) is 13.5. The predicted molar refractivity (Wildman–Crippen MR) is 114 cm³/mol. The van der Waals surface area contributed by atoms with Gasteiger partial charge in [0.15, 0.2) is 0 Å². The molecule has 1 heterocycles. The van der Waals surface area contributed by atoms with E-state index in [0.717, 1.165) is 39.6 Å². The summed E-state index contributed by atoms with van der Waals surface area (Å²) in [4.78, 5) is 12.2. The zero-order valence-electron chi connectivity index (χ0n) is 15.4. The van der Waals surface area contributed by atoms with Crippen LogP contribution in [0.5, 0.6) is 0 Å². The van der Waals surface area contributed by atoms with Crippen molar-refractivity contribution in [3.05, 3.63) is 75.9 Å². The average Bonchev–Trinajstić information content (AvgIpc) is 3.01. The van der Waals surface area contributed by atoms with Gasteiger partial charge in [0, 0.05) is 13.1 Å². The standard InChI is InChI=1S/C21H20N2O3S2/c1-2-11-23-19-10-9-18(13-20(19)27-21(23)24)28(25,26)22-14-15-7-8-16-5-3-4-6-17(16)12-15/h3-10,12-13,22H,2,11,14H2,1H3. The summed E-state index contributed by atoms with van der Waals surface area (Å²) < 4.78 is 30.5. The molecule has 0 bridgehead atoms. The van der Waals surface area contributed by atoms with Crippen LogP contribution in [0.1, 0.15) is 18.9 Å². The van der Waals surface area contributed by atoms with Crippen LogP contribution < -0.4 is 9.60 Å². The van der Waals surface area contributed by atoms with Crippen molar-refractivity contribution < 1.29 is 8.42 Å². The lowest BCUT2D eigenvalue weighted by atomic mass is 10.1. The summed E-state index contributed by atoms with van der Waals surface area (Å²) in [7, 11) is -3.67. The van der Waals surface area contributed by atoms with Gasteiger partial charge in [-0.15, -0.1) is 0 Å². The molecule has 28 heavy (non-hydrogen) atoms. The maximum atomic E-state index is 12.7. The van der Waals surface area contributed by atoms with Gasteiger partial charge in [-0.1, -0.05) is 54.7 Å². The molecule has 4 aromatic rings. The number of nitrogens with zero attached hydrogens (tertiary/aromatic N) is 1. The van der Waals surface area contributed by atoms with Crippen molar-refractivity contribution in [1.29, 1.82) is 0 Å². The number of sulfonamides is 1. The van der Waals surface area contributed by atoms with Crippen LogP contribution in [0.2, 0.25) is 0 Å². The second kappa shape index (κ2) is 7.50. The molecule has 0 radical (unpaired) electrons. The van der Waals surface area contributed by atoms with Gasteiger partial charge in [0.2, 0.25) is 10.0 Å². The first-order valence-electron chi connectivity index (χ1n) is 9.09. The molecule has 0 saturated heterocycles. The molecule has 7 heteroatoms. The molecular weight excluding hydrogens is 392 g/mol. The van der Waals surface area contributed by atoms with Gasteiger partial charge >= 0.3 is 4.87 Å². The Morgan fingerprint density at radius 2 is 1.79 bits per heavy atom. The summed E-state index contributed by atoms with van der Waals surface area (Å²) in [6.45, 7) is 2.84. The fourth-order valence-electron chi connectivity index (χ4n) is 3.26. The number of fused-ring (bicyclic) bond motifs is 2. The third-order valence-electron chi connectivity index (χ3n) is 4.68. The number of benzene rings is 3. The number of aromatic nitrogens is 1. The summed E-state index contributed by atoms with van der Waals surface area (Å²) in [5.41, 5.74) is 1.67. The van der Waals surface area contributed by atoms with E-state index in [4.69, 9.17) is 0 Å². The van der Waals surface area contributed by atoms with Crippen LogP contribution in [0.25, 0.3) is 21.0 Å². The van der Waals surface area contributed by atoms with E-state index in [9.17, 15) is 13.2 Å². The van der Waals surface area contributed by atoms with E-state index in [1.807, 2.05) is 49.4 Å². The summed E-state index contributed by atoms with van der Waals surface area (Å²) >= 11 is 1.08. The molecule has 0 aliphatic carbocycles. The van der Waals surface area contributed by atoms with Crippen LogP contribution in [0, 0.1) is 0 Å². The number of thiazole rings is 1. The van der Waals surface area contributed by atoms with Gasteiger partial charge in [-0.05, 0) is 47.0 Å². The lowest BCUT2D eigenvalue weighted by Gasteiger charge is -2.08. The third-order valence-corrected chi connectivity index (χ3v) is 7.02. The van der Waals surface area contributed by atoms with Gasteiger partial charge in [0.25, 0.3) is 0 Å². The maximum absolute atomic E-state index is 12.7. The summed E-state index contributed by atoms with van der Waals surface area (Å²) in [6, 6.07) is 18.7. The highest BCUT2D eigenvalue weighted by molar-refractivity contribution is 7.89. The molecule has 1 N–H and O–H groups in total. The highest BCUT2D eigenvalue weighted by atomic mass is 32.2. The molecule has 5 nitrogen and oxygen atoms in total. The minimum Gasteiger partial charge on any atom is -0.299 e. The smallest absolute Gasteiger partial charge is 0.299 e. The molecule has 144 valence electrons. The highest BCUT2D eigenvalue weighted by Crippen LogP contribution is 2.22. The van der Waals surface area contributed by atoms with Crippen molar-refractivity contribution in [2.45, 2.75) is 31.3 Å². The van der Waals surface area contributed by atoms with Gasteiger partial charge < -0.3 is 0 Å². The Labute approximate surface area is 167 Å². The Morgan fingerprint density at radius 1 is 1.00 bits per heavy atom. The van der Waals surface area contributed by atoms with E-state index in [2.05, 4.69) is 4.72 Å². The number of aryl methyl sites for hydroxylation is 1. The predicted octanol–water partition coefficient (Wildman–Crippen LogP) is 4.10. The van der Waals surface area contributed by atoms with E-state index >= 15 is 0 Å². The quantitative estimate of drug-likeness (QED) is 0.518. The summed E-state index contributed by atoms with van der Waals surface area (Å²) in [6.07, 6.45) is 0.846. The van der Waals surface area contributed by atoms with Gasteiger partial charge in [-0.3, -0.25) is 9.36 Å². The van der Waals surface area contributed by atoms with Crippen molar-refractivity contribution >= 4 is 42.3 Å². The zero-order chi connectivity index (χ0) is 19.7. The van der Waals surface area contributed by atoms with Crippen LogP contribution in [0.4, 0.5) is 0 Å². The Morgan fingerprint density at radius 3 is 2.57 bits per heavy atom. The number of rotatable bonds is 6. The van der Waals surface area contributed by atoms with E-state index in [0.29, 0.717) is 11.2 Å². The van der Waals surface area contributed by atoms with Gasteiger partial charge in [-0.2, -0.15) is 0 Å². The molecule has 0 fully saturated rings. The molecule has 0 aliphatic heterocycles. The maximum Gasteiger partial charge on any atom is 0.308 e. The topological polar surface area (TPSA) is 68.2 Å². The molecule has 0 spiro atoms. The minimum absolute atomic E-state index is 0.0597. The molecule has 0 unspecified atom stereocenters. The van der Waals surface area contributed by atoms with E-state index < -0.39 is 10.0 Å². The molecule has 3 aromatic carbocycles. The molecule has 0 atom stereocenters. The fourth-order valence-corrected chi connectivity index (χ4v) is 5.33. The lowest BCUT2D eigenvalue weighted by molar-refractivity contribution is 0.581. The molecule has 1 aromatic heterocycles. The number of nitrogens with one attached hydrogen (secondary N) is 1. The van der Waals surface area contributed by atoms with E-state index in [1.165, 1.54) is 0 Å². The van der Waals surface area contributed by atoms with Crippen LogP contribution in [-0.2, 0) is 23.1 Å². The lowest BCUT2D eigenvalue weighted by Crippen LogP contribution is -2.23. The van der Waals surface area contributed by atoms with Gasteiger partial charge in [-0.25, -0.2) is 13.1 Å². The van der Waals surface area contributed by atoms with Crippen molar-refractivity contribution in [3.8, 4) is 0 Å². The van der Waals surface area contributed by atoms with Gasteiger partial charge in [0.05, 0.1) is 15.1 Å². The minimum atomic E-state index is -3.67. The van der Waals surface area contributed by atoms with Gasteiger partial charge in [0.1, 0.15) is 0 Å². The zero-order valence-corrected chi connectivity index (χ0v) is 17.0. The van der Waals surface area contributed by atoms with Crippen LogP contribution in [0.3, 0.4) is 0 Å². The Kier molecular flexibility index (Phi) is 5.05. The molecule has 4 rings (SSSR count). The molecule has 0 amide bonds. The third kappa shape index (κ3) is 3.61. The molecule has 0 saturated carbocycles. The number of hydrogen-bond acceptors (Lipinski definition) is 4. The Bertz CT molecular complexity index is 1320. The largest absolute Gasteiger partial charge is 0.308 e. The van der Waals surface area contributed by atoms with E-state index in [1.54, 1.807) is 22.8 Å². The normalized spacial score (nSPS) is 12.0. The van der Waals surface area contributed by atoms with Crippen molar-refractivity contribution in [2.75, 3.05) is 0 Å². The second-order valence-corrected chi connectivity index (χ2v) is 9.42. The van der Waals surface area contributed by atoms with Crippen molar-refractivity contribution in [1.82, 2.24) is 9.29 Å². The number of hydrogen-bond donors (Lipinski definition) is 1. The second-order valence-electron chi connectivity index (χ2n) is 6.66. The van der Waals surface area contributed by atoms with E-state index in [-0.39, 0.29) is 16.3 Å². The summed E-state index contributed by atoms with van der Waals surface area (Å²) in [5.74, 6) is 0. The fraction of sp³-hybridized carbons (Fsp3) is 0.190. The SMILES string of the molecule is CCCn1c(=O)sc2cc(S(=O)(=O)NCc3ccc4ccccc4c3)ccc21. The van der Waals surface area contributed by atoms with Crippen LogP contribution >= 0.6 is 11.3 Å².